The molecule has 5 rings (SSSR count). The van der Waals surface area contributed by atoms with Crippen molar-refractivity contribution in [3.63, 3.8) is 0 Å². The van der Waals surface area contributed by atoms with Crippen LogP contribution >= 0.6 is 0 Å². The standard InChI is InChI=1S/C22H26N4O3/c27-19(11-10-18-23-20(24-29-18)16-6-2-1-3-7-16)26-15-5-13-22(26)12-4-14-25(21(22)28)17-8-9-17/h1-3,6-7,17H,4-5,8-15H2. The highest BCUT2D eigenvalue weighted by molar-refractivity contribution is 5.93. The van der Waals surface area contributed by atoms with Crippen LogP contribution in [0.15, 0.2) is 34.9 Å². The second kappa shape index (κ2) is 7.28. The normalized spacial score (nSPS) is 24.5. The van der Waals surface area contributed by atoms with E-state index in [9.17, 15) is 9.59 Å². The van der Waals surface area contributed by atoms with Crippen LogP contribution in [0.2, 0.25) is 0 Å². The fourth-order valence-corrected chi connectivity index (χ4v) is 4.89. The van der Waals surface area contributed by atoms with E-state index < -0.39 is 5.54 Å². The van der Waals surface area contributed by atoms with Crippen LogP contribution in [-0.4, -0.2) is 56.4 Å². The predicted molar refractivity (Wildman–Crippen MR) is 106 cm³/mol. The van der Waals surface area contributed by atoms with Crippen LogP contribution in [0.25, 0.3) is 11.4 Å². The molecule has 152 valence electrons. The van der Waals surface area contributed by atoms with Crippen LogP contribution in [0.3, 0.4) is 0 Å². The van der Waals surface area contributed by atoms with E-state index in [0.29, 0.717) is 30.7 Å². The van der Waals surface area contributed by atoms with Crippen molar-refractivity contribution >= 4 is 11.8 Å². The fraction of sp³-hybridized carbons (Fsp3) is 0.545. The van der Waals surface area contributed by atoms with E-state index in [1.54, 1.807) is 0 Å². The average Bonchev–Trinajstić information content (AvgIpc) is 3.33. The quantitative estimate of drug-likeness (QED) is 0.779. The van der Waals surface area contributed by atoms with Crippen molar-refractivity contribution < 1.29 is 14.1 Å². The van der Waals surface area contributed by atoms with Crippen molar-refractivity contribution in [2.75, 3.05) is 13.1 Å². The molecule has 3 fully saturated rings. The second-order valence-electron chi connectivity index (χ2n) is 8.39. The number of nitrogens with zero attached hydrogens (tertiary/aromatic N) is 4. The van der Waals surface area contributed by atoms with Crippen molar-refractivity contribution in [1.29, 1.82) is 0 Å². The molecule has 3 heterocycles. The van der Waals surface area contributed by atoms with Gasteiger partial charge in [0.05, 0.1) is 0 Å². The minimum atomic E-state index is -0.609. The Kier molecular flexibility index (Phi) is 4.60. The largest absolute Gasteiger partial charge is 0.339 e. The van der Waals surface area contributed by atoms with Crippen LogP contribution in [0, 0.1) is 0 Å². The van der Waals surface area contributed by atoms with E-state index in [0.717, 1.165) is 50.6 Å². The maximum atomic E-state index is 13.3. The van der Waals surface area contributed by atoms with E-state index in [-0.39, 0.29) is 18.2 Å². The van der Waals surface area contributed by atoms with Gasteiger partial charge in [-0.1, -0.05) is 35.5 Å². The molecule has 7 heteroatoms. The van der Waals surface area contributed by atoms with Gasteiger partial charge in [0.15, 0.2) is 0 Å². The Bertz CT molecular complexity index is 908. The van der Waals surface area contributed by atoms with E-state index in [1.165, 1.54) is 0 Å². The molecule has 29 heavy (non-hydrogen) atoms. The predicted octanol–water partition coefficient (Wildman–Crippen LogP) is 2.82. The Morgan fingerprint density at radius 2 is 1.90 bits per heavy atom. The topological polar surface area (TPSA) is 79.5 Å². The van der Waals surface area contributed by atoms with Crippen molar-refractivity contribution in [1.82, 2.24) is 19.9 Å². The molecule has 1 atom stereocenters. The summed E-state index contributed by atoms with van der Waals surface area (Å²) in [5.41, 5.74) is 0.280. The molecule has 2 aliphatic heterocycles. The lowest BCUT2D eigenvalue weighted by Crippen LogP contribution is -2.61. The number of aryl methyl sites for hydroxylation is 1. The van der Waals surface area contributed by atoms with E-state index >= 15 is 0 Å². The number of piperidine rings is 1. The highest BCUT2D eigenvalue weighted by Gasteiger charge is 2.54. The Morgan fingerprint density at radius 1 is 1.14 bits per heavy atom. The number of amides is 2. The van der Waals surface area contributed by atoms with Gasteiger partial charge in [-0.15, -0.1) is 0 Å². The van der Waals surface area contributed by atoms with Gasteiger partial charge in [-0.05, 0) is 38.5 Å². The molecule has 0 bridgehead atoms. The monoisotopic (exact) mass is 394 g/mol. The number of rotatable bonds is 5. The molecule has 3 aliphatic rings. The van der Waals surface area contributed by atoms with Gasteiger partial charge in [0.1, 0.15) is 5.54 Å². The maximum Gasteiger partial charge on any atom is 0.248 e. The summed E-state index contributed by atoms with van der Waals surface area (Å²) in [6.07, 6.45) is 6.36. The van der Waals surface area contributed by atoms with Gasteiger partial charge in [0, 0.05) is 37.5 Å². The first-order valence-electron chi connectivity index (χ1n) is 10.7. The highest BCUT2D eigenvalue weighted by atomic mass is 16.5. The zero-order chi connectivity index (χ0) is 19.8. The highest BCUT2D eigenvalue weighted by Crippen LogP contribution is 2.42. The smallest absolute Gasteiger partial charge is 0.248 e. The van der Waals surface area contributed by atoms with E-state index in [2.05, 4.69) is 10.1 Å². The van der Waals surface area contributed by atoms with Crippen LogP contribution < -0.4 is 0 Å². The lowest BCUT2D eigenvalue weighted by atomic mass is 9.85. The molecule has 2 amide bonds. The van der Waals surface area contributed by atoms with Gasteiger partial charge >= 0.3 is 0 Å². The number of hydrogen-bond acceptors (Lipinski definition) is 5. The molecule has 2 aromatic rings. The summed E-state index contributed by atoms with van der Waals surface area (Å²) < 4.78 is 5.34. The Balaban J connectivity index is 1.26. The second-order valence-corrected chi connectivity index (χ2v) is 8.39. The summed E-state index contributed by atoms with van der Waals surface area (Å²) in [5, 5.41) is 4.02. The van der Waals surface area contributed by atoms with Crippen molar-refractivity contribution in [2.24, 2.45) is 0 Å². The minimum absolute atomic E-state index is 0.0213. The summed E-state index contributed by atoms with van der Waals surface area (Å²) in [7, 11) is 0. The fourth-order valence-electron chi connectivity index (χ4n) is 4.89. The van der Waals surface area contributed by atoms with Crippen LogP contribution in [-0.2, 0) is 16.0 Å². The summed E-state index contributed by atoms with van der Waals surface area (Å²) >= 11 is 0. The zero-order valence-electron chi connectivity index (χ0n) is 16.5. The van der Waals surface area contributed by atoms with Crippen molar-refractivity contribution in [2.45, 2.75) is 62.9 Å². The Labute approximate surface area is 170 Å². The van der Waals surface area contributed by atoms with Crippen LogP contribution in [0.5, 0.6) is 0 Å². The molecule has 1 unspecified atom stereocenters. The molecule has 2 saturated heterocycles. The lowest BCUT2D eigenvalue weighted by molar-refractivity contribution is -0.155. The first kappa shape index (κ1) is 18.3. The number of hydrogen-bond donors (Lipinski definition) is 0. The van der Waals surface area contributed by atoms with Gasteiger partial charge in [-0.2, -0.15) is 4.98 Å². The third-order valence-corrected chi connectivity index (χ3v) is 6.48. The molecular weight excluding hydrogens is 368 g/mol. The van der Waals surface area contributed by atoms with Crippen LogP contribution in [0.4, 0.5) is 0 Å². The zero-order valence-corrected chi connectivity index (χ0v) is 16.5. The number of likely N-dealkylation sites (tertiary alicyclic amines) is 2. The number of carbonyl (C=O) groups is 2. The average molecular weight is 394 g/mol. The molecular formula is C22H26N4O3. The van der Waals surface area contributed by atoms with Crippen LogP contribution in [0.1, 0.15) is 50.8 Å². The lowest BCUT2D eigenvalue weighted by Gasteiger charge is -2.44. The first-order chi connectivity index (χ1) is 14.2. The molecule has 0 radical (unpaired) electrons. The molecule has 1 saturated carbocycles. The molecule has 1 aromatic carbocycles. The number of aromatic nitrogens is 2. The summed E-state index contributed by atoms with van der Waals surface area (Å²) in [4.78, 5) is 34.7. The number of carbonyl (C=O) groups excluding carboxylic acids is 2. The van der Waals surface area contributed by atoms with Gasteiger partial charge < -0.3 is 14.3 Å². The molecule has 0 N–H and O–H groups in total. The molecule has 7 nitrogen and oxygen atoms in total. The summed E-state index contributed by atoms with van der Waals surface area (Å²) in [6.45, 7) is 1.51. The van der Waals surface area contributed by atoms with Gasteiger partial charge in [-0.25, -0.2) is 0 Å². The SMILES string of the molecule is O=C(CCc1nc(-c2ccccc2)no1)N1CCCC12CCCN(C1CC1)C2=O. The third-order valence-electron chi connectivity index (χ3n) is 6.48. The Morgan fingerprint density at radius 3 is 2.66 bits per heavy atom. The number of benzene rings is 1. The van der Waals surface area contributed by atoms with Crippen molar-refractivity contribution in [3.8, 4) is 11.4 Å². The van der Waals surface area contributed by atoms with Gasteiger partial charge in [-0.3, -0.25) is 9.59 Å². The molecule has 1 aromatic heterocycles. The van der Waals surface area contributed by atoms with Gasteiger partial charge in [0.25, 0.3) is 0 Å². The maximum absolute atomic E-state index is 13.3. The van der Waals surface area contributed by atoms with E-state index in [4.69, 9.17) is 4.52 Å². The van der Waals surface area contributed by atoms with Crippen molar-refractivity contribution in [3.05, 3.63) is 36.2 Å². The third kappa shape index (κ3) is 3.32. The summed E-state index contributed by atoms with van der Waals surface area (Å²) in [5.74, 6) is 1.20. The molecule has 1 aliphatic carbocycles. The van der Waals surface area contributed by atoms with Gasteiger partial charge in [0.2, 0.25) is 23.5 Å². The Hall–Kier alpha value is -2.70. The minimum Gasteiger partial charge on any atom is -0.339 e. The summed E-state index contributed by atoms with van der Waals surface area (Å²) in [6, 6.07) is 10.0. The first-order valence-corrected chi connectivity index (χ1v) is 10.7. The molecule has 1 spiro atoms. The van der Waals surface area contributed by atoms with E-state index in [1.807, 2.05) is 40.1 Å².